The van der Waals surface area contributed by atoms with Crippen LogP contribution in [0.2, 0.25) is 0 Å². The maximum atomic E-state index is 14.2. The van der Waals surface area contributed by atoms with Crippen LogP contribution >= 0.6 is 0 Å². The molecule has 1 N–H and O–H groups in total. The van der Waals surface area contributed by atoms with Gasteiger partial charge >= 0.3 is 0 Å². The van der Waals surface area contributed by atoms with Crippen LogP contribution in [0, 0.1) is 36.8 Å². The molecule has 0 aliphatic rings. The van der Waals surface area contributed by atoms with Crippen LogP contribution < -0.4 is 5.56 Å². The summed E-state index contributed by atoms with van der Waals surface area (Å²) < 4.78 is 27.7. The predicted octanol–water partition coefficient (Wildman–Crippen LogP) is 4.48. The quantitative estimate of drug-likeness (QED) is 0.750. The number of aryl methyl sites for hydroxylation is 2. The van der Waals surface area contributed by atoms with E-state index in [1.165, 1.54) is 6.07 Å². The van der Waals surface area contributed by atoms with Crippen molar-refractivity contribution in [1.82, 2.24) is 4.98 Å². The molecule has 3 rings (SSSR count). The Kier molecular flexibility index (Phi) is 4.20. The highest BCUT2D eigenvalue weighted by molar-refractivity contribution is 5.76. The summed E-state index contributed by atoms with van der Waals surface area (Å²) in [5.41, 5.74) is 2.24. The minimum atomic E-state index is -0.699. The first-order chi connectivity index (χ1) is 11.9. The second kappa shape index (κ2) is 6.33. The monoisotopic (exact) mass is 336 g/mol. The molecule has 5 heteroatoms. The molecule has 0 aliphatic carbocycles. The van der Waals surface area contributed by atoms with Crippen LogP contribution in [0.5, 0.6) is 0 Å². The smallest absolute Gasteiger partial charge is 0.266 e. The fourth-order valence-electron chi connectivity index (χ4n) is 2.85. The Morgan fingerprint density at radius 2 is 1.72 bits per heavy atom. The topological polar surface area (TPSA) is 56.6 Å². The molecule has 2 aromatic carbocycles. The van der Waals surface area contributed by atoms with E-state index in [1.807, 2.05) is 32.0 Å². The van der Waals surface area contributed by atoms with Gasteiger partial charge < -0.3 is 4.98 Å². The molecule has 25 heavy (non-hydrogen) atoms. The molecule has 0 fully saturated rings. The van der Waals surface area contributed by atoms with E-state index >= 15 is 0 Å². The Labute approximate surface area is 143 Å². The van der Waals surface area contributed by atoms with E-state index in [4.69, 9.17) is 0 Å². The molecular formula is C20H14F2N2O. The zero-order valence-corrected chi connectivity index (χ0v) is 13.7. The molecule has 0 unspecified atom stereocenters. The highest BCUT2D eigenvalue weighted by Gasteiger charge is 2.17. The molecule has 0 saturated carbocycles. The van der Waals surface area contributed by atoms with Gasteiger partial charge in [-0.1, -0.05) is 23.8 Å². The average molecular weight is 336 g/mol. The number of nitriles is 1. The van der Waals surface area contributed by atoms with Crippen molar-refractivity contribution >= 4 is 0 Å². The first-order valence-electron chi connectivity index (χ1n) is 7.61. The molecule has 124 valence electrons. The second-order valence-corrected chi connectivity index (χ2v) is 5.86. The van der Waals surface area contributed by atoms with Crippen LogP contribution in [0.15, 0.2) is 47.3 Å². The van der Waals surface area contributed by atoms with Crippen molar-refractivity contribution in [2.75, 3.05) is 0 Å². The van der Waals surface area contributed by atoms with E-state index in [1.54, 1.807) is 6.07 Å². The van der Waals surface area contributed by atoms with Gasteiger partial charge in [-0.15, -0.1) is 0 Å². The standard InChI is InChI=1S/C20H14F2N2O/c1-11-3-5-14(12(2)7-11)19-9-15(17(10-23)20(25)24-19)16-8-13(21)4-6-18(16)22/h3-9H,1-2H3,(H,24,25). The van der Waals surface area contributed by atoms with E-state index < -0.39 is 17.2 Å². The SMILES string of the molecule is Cc1ccc(-c2cc(-c3cc(F)ccc3F)c(C#N)c(=O)[nH]2)c(C)c1. The summed E-state index contributed by atoms with van der Waals surface area (Å²) in [5, 5.41) is 9.29. The molecule has 1 heterocycles. The lowest BCUT2D eigenvalue weighted by molar-refractivity contribution is 0.603. The molecule has 0 radical (unpaired) electrons. The third-order valence-electron chi connectivity index (χ3n) is 4.04. The molecule has 0 aliphatic heterocycles. The van der Waals surface area contributed by atoms with Gasteiger partial charge in [-0.25, -0.2) is 8.78 Å². The fourth-order valence-corrected chi connectivity index (χ4v) is 2.85. The van der Waals surface area contributed by atoms with Crippen molar-refractivity contribution in [3.63, 3.8) is 0 Å². The zero-order chi connectivity index (χ0) is 18.1. The average Bonchev–Trinajstić information content (AvgIpc) is 2.56. The Balaban J connectivity index is 2.32. The van der Waals surface area contributed by atoms with Crippen molar-refractivity contribution in [2.24, 2.45) is 0 Å². The lowest BCUT2D eigenvalue weighted by Gasteiger charge is -2.11. The summed E-state index contributed by atoms with van der Waals surface area (Å²) in [4.78, 5) is 15.0. The molecule has 1 aromatic heterocycles. The van der Waals surface area contributed by atoms with Gasteiger partial charge in [0.25, 0.3) is 5.56 Å². The first kappa shape index (κ1) is 16.6. The molecule has 0 amide bonds. The van der Waals surface area contributed by atoms with Crippen molar-refractivity contribution < 1.29 is 8.78 Å². The summed E-state index contributed by atoms with van der Waals surface area (Å²) in [6.07, 6.45) is 0. The second-order valence-electron chi connectivity index (χ2n) is 5.86. The summed E-state index contributed by atoms with van der Waals surface area (Å²) in [6, 6.07) is 11.9. The van der Waals surface area contributed by atoms with E-state index in [0.717, 1.165) is 34.9 Å². The van der Waals surface area contributed by atoms with Crippen LogP contribution in [-0.4, -0.2) is 4.98 Å². The van der Waals surface area contributed by atoms with Gasteiger partial charge in [0, 0.05) is 22.4 Å². The number of hydrogen-bond acceptors (Lipinski definition) is 2. The molecule has 0 saturated heterocycles. The van der Waals surface area contributed by atoms with Gasteiger partial charge in [-0.3, -0.25) is 4.79 Å². The summed E-state index contributed by atoms with van der Waals surface area (Å²) in [6.45, 7) is 3.84. The van der Waals surface area contributed by atoms with E-state index in [9.17, 15) is 18.8 Å². The number of halogens is 2. The summed E-state index contributed by atoms with van der Waals surface area (Å²) in [5.74, 6) is -1.34. The Morgan fingerprint density at radius 1 is 0.960 bits per heavy atom. The van der Waals surface area contributed by atoms with Gasteiger partial charge in [0.1, 0.15) is 23.3 Å². The number of pyridine rings is 1. The van der Waals surface area contributed by atoms with E-state index in [-0.39, 0.29) is 16.7 Å². The van der Waals surface area contributed by atoms with Gasteiger partial charge in [0.2, 0.25) is 0 Å². The van der Waals surface area contributed by atoms with Crippen molar-refractivity contribution in [2.45, 2.75) is 13.8 Å². The lowest BCUT2D eigenvalue weighted by Crippen LogP contribution is -2.13. The maximum Gasteiger partial charge on any atom is 0.266 e. The first-order valence-corrected chi connectivity index (χ1v) is 7.61. The third-order valence-corrected chi connectivity index (χ3v) is 4.04. The van der Waals surface area contributed by atoms with Gasteiger partial charge in [-0.2, -0.15) is 5.26 Å². The summed E-state index contributed by atoms with van der Waals surface area (Å²) >= 11 is 0. The molecule has 3 nitrogen and oxygen atoms in total. The van der Waals surface area contributed by atoms with Gasteiger partial charge in [0.15, 0.2) is 0 Å². The molecular weight excluding hydrogens is 322 g/mol. The minimum Gasteiger partial charge on any atom is -0.321 e. The summed E-state index contributed by atoms with van der Waals surface area (Å²) in [7, 11) is 0. The van der Waals surface area contributed by atoms with Crippen LogP contribution in [0.3, 0.4) is 0 Å². The third kappa shape index (κ3) is 3.07. The van der Waals surface area contributed by atoms with Crippen LogP contribution in [0.25, 0.3) is 22.4 Å². The number of nitrogens with zero attached hydrogens (tertiary/aromatic N) is 1. The van der Waals surface area contributed by atoms with Crippen LogP contribution in [0.4, 0.5) is 8.78 Å². The Morgan fingerprint density at radius 3 is 2.40 bits per heavy atom. The minimum absolute atomic E-state index is 0.0678. The molecule has 3 aromatic rings. The number of benzene rings is 2. The molecule has 0 bridgehead atoms. The zero-order valence-electron chi connectivity index (χ0n) is 13.7. The highest BCUT2D eigenvalue weighted by atomic mass is 19.1. The normalized spacial score (nSPS) is 10.5. The largest absolute Gasteiger partial charge is 0.321 e. The van der Waals surface area contributed by atoms with Gasteiger partial charge in [0.05, 0.1) is 0 Å². The number of hydrogen-bond donors (Lipinski definition) is 1. The van der Waals surface area contributed by atoms with Crippen LogP contribution in [-0.2, 0) is 0 Å². The highest BCUT2D eigenvalue weighted by Crippen LogP contribution is 2.30. The predicted molar refractivity (Wildman–Crippen MR) is 92.0 cm³/mol. The number of H-pyrrole nitrogens is 1. The maximum absolute atomic E-state index is 14.2. The van der Waals surface area contributed by atoms with Gasteiger partial charge in [-0.05, 0) is 43.7 Å². The van der Waals surface area contributed by atoms with Crippen molar-refractivity contribution in [1.29, 1.82) is 5.26 Å². The number of aromatic amines is 1. The Hall–Kier alpha value is -3.26. The fraction of sp³-hybridized carbons (Fsp3) is 0.100. The van der Waals surface area contributed by atoms with E-state index in [2.05, 4.69) is 4.98 Å². The van der Waals surface area contributed by atoms with E-state index in [0.29, 0.717) is 5.69 Å². The number of aromatic nitrogens is 1. The van der Waals surface area contributed by atoms with Crippen molar-refractivity contribution in [3.05, 3.63) is 81.1 Å². The number of rotatable bonds is 2. The number of nitrogens with one attached hydrogen (secondary N) is 1. The van der Waals surface area contributed by atoms with Crippen LogP contribution in [0.1, 0.15) is 16.7 Å². The molecule has 0 spiro atoms. The lowest BCUT2D eigenvalue weighted by atomic mass is 9.96. The Bertz CT molecular complexity index is 1080. The molecule has 0 atom stereocenters. The van der Waals surface area contributed by atoms with Crippen molar-refractivity contribution in [3.8, 4) is 28.5 Å².